The first kappa shape index (κ1) is 6.39. The van der Waals surface area contributed by atoms with Crippen LogP contribution < -0.4 is 0 Å². The molecular formula is CH2BrO3S-. The first-order valence-electron chi connectivity index (χ1n) is 1.06. The molecule has 0 aliphatic heterocycles. The van der Waals surface area contributed by atoms with E-state index in [0.717, 1.165) is 0 Å². The van der Waals surface area contributed by atoms with Crippen LogP contribution in [-0.4, -0.2) is 17.6 Å². The van der Waals surface area contributed by atoms with E-state index >= 15 is 0 Å². The third-order valence-electron chi connectivity index (χ3n) is 0.134. The van der Waals surface area contributed by atoms with Gasteiger partial charge in [-0.25, -0.2) is 8.42 Å². The largest absolute Gasteiger partial charge is 0.747 e. The van der Waals surface area contributed by atoms with Gasteiger partial charge in [0.05, 0.1) is 4.66 Å². The Kier molecular flexibility index (Phi) is 2.03. The van der Waals surface area contributed by atoms with Crippen LogP contribution in [0.25, 0.3) is 0 Å². The second-order valence-electron chi connectivity index (χ2n) is 0.667. The van der Waals surface area contributed by atoms with Crippen molar-refractivity contribution in [3.05, 3.63) is 0 Å². The Morgan fingerprint density at radius 3 is 1.83 bits per heavy atom. The standard InChI is InChI=1S/CH3BrO3S/c2-1-6(3,4)5/h1H2,(H,3,4,5)/p-1. The van der Waals surface area contributed by atoms with Gasteiger partial charge in [-0.05, 0) is 0 Å². The number of hydrogen-bond donors (Lipinski definition) is 0. The van der Waals surface area contributed by atoms with E-state index < -0.39 is 14.8 Å². The summed E-state index contributed by atoms with van der Waals surface area (Å²) in [6.45, 7) is 0. The smallest absolute Gasteiger partial charge is 0.105 e. The Balaban J connectivity index is 3.85. The Labute approximate surface area is 44.2 Å². The van der Waals surface area contributed by atoms with E-state index in [0.29, 0.717) is 0 Å². The fourth-order valence-electron chi connectivity index (χ4n) is 0. The summed E-state index contributed by atoms with van der Waals surface area (Å²) < 4.78 is 27.7. The molecule has 0 rings (SSSR count). The summed E-state index contributed by atoms with van der Waals surface area (Å²) in [4.78, 5) is 0. The van der Waals surface area contributed by atoms with E-state index in [9.17, 15) is 13.0 Å². The Morgan fingerprint density at radius 2 is 1.83 bits per heavy atom. The van der Waals surface area contributed by atoms with Gasteiger partial charge in [0.15, 0.2) is 0 Å². The molecule has 0 radical (unpaired) electrons. The minimum Gasteiger partial charge on any atom is -0.747 e. The summed E-state index contributed by atoms with van der Waals surface area (Å²) in [5, 5.41) is 0. The van der Waals surface area contributed by atoms with Gasteiger partial charge in [0, 0.05) is 0 Å². The molecule has 0 N–H and O–H groups in total. The van der Waals surface area contributed by atoms with E-state index in [-0.39, 0.29) is 0 Å². The fourth-order valence-corrected chi connectivity index (χ4v) is 0. The monoisotopic (exact) mass is 173 g/mol. The lowest BCUT2D eigenvalue weighted by molar-refractivity contribution is 0.469. The maximum absolute atomic E-state index is 9.40. The van der Waals surface area contributed by atoms with Crippen molar-refractivity contribution in [3.8, 4) is 0 Å². The van der Waals surface area contributed by atoms with Gasteiger partial charge in [-0.15, -0.1) is 0 Å². The third-order valence-corrected chi connectivity index (χ3v) is 2.08. The van der Waals surface area contributed by atoms with E-state index in [2.05, 4.69) is 15.9 Å². The van der Waals surface area contributed by atoms with Gasteiger partial charge >= 0.3 is 0 Å². The van der Waals surface area contributed by atoms with Gasteiger partial charge in [-0.2, -0.15) is 0 Å². The fraction of sp³-hybridized carbons (Fsp3) is 1.00. The molecule has 0 amide bonds. The Morgan fingerprint density at radius 1 is 1.67 bits per heavy atom. The third kappa shape index (κ3) is 4.39. The molecule has 3 nitrogen and oxygen atoms in total. The van der Waals surface area contributed by atoms with Gasteiger partial charge in [0.1, 0.15) is 10.1 Å². The van der Waals surface area contributed by atoms with Gasteiger partial charge in [0.25, 0.3) is 0 Å². The zero-order chi connectivity index (χ0) is 5.21. The molecule has 0 aromatic heterocycles. The molecule has 6 heavy (non-hydrogen) atoms. The maximum atomic E-state index is 9.40. The zero-order valence-electron chi connectivity index (χ0n) is 2.72. The molecule has 0 aliphatic carbocycles. The van der Waals surface area contributed by atoms with Crippen LogP contribution in [0.1, 0.15) is 0 Å². The van der Waals surface area contributed by atoms with Gasteiger partial charge in [-0.3, -0.25) is 0 Å². The van der Waals surface area contributed by atoms with Gasteiger partial charge in [0.2, 0.25) is 0 Å². The molecule has 0 aromatic rings. The highest BCUT2D eigenvalue weighted by molar-refractivity contribution is 9.10. The molecule has 0 bridgehead atoms. The van der Waals surface area contributed by atoms with Crippen molar-refractivity contribution in [2.75, 3.05) is 4.66 Å². The van der Waals surface area contributed by atoms with Crippen molar-refractivity contribution in [2.24, 2.45) is 0 Å². The van der Waals surface area contributed by atoms with Crippen molar-refractivity contribution >= 4 is 26.0 Å². The predicted octanol–water partition coefficient (Wildman–Crippen LogP) is -0.116. The predicted molar refractivity (Wildman–Crippen MR) is 23.5 cm³/mol. The molecular weight excluding hydrogens is 172 g/mol. The van der Waals surface area contributed by atoms with Crippen molar-refractivity contribution in [1.82, 2.24) is 0 Å². The minimum atomic E-state index is -4.00. The second-order valence-corrected chi connectivity index (χ2v) is 3.37. The minimum absolute atomic E-state index is 0.500. The number of alkyl halides is 1. The molecule has 38 valence electrons. The quantitative estimate of drug-likeness (QED) is 0.411. The van der Waals surface area contributed by atoms with Gasteiger partial charge in [-0.1, -0.05) is 15.9 Å². The maximum Gasteiger partial charge on any atom is 0.105 e. The van der Waals surface area contributed by atoms with Gasteiger partial charge < -0.3 is 4.55 Å². The van der Waals surface area contributed by atoms with E-state index in [1.54, 1.807) is 0 Å². The van der Waals surface area contributed by atoms with Crippen LogP contribution >= 0.6 is 15.9 Å². The van der Waals surface area contributed by atoms with Crippen LogP contribution in [0.15, 0.2) is 0 Å². The van der Waals surface area contributed by atoms with Crippen molar-refractivity contribution in [1.29, 1.82) is 0 Å². The molecule has 0 heterocycles. The highest BCUT2D eigenvalue weighted by Crippen LogP contribution is 1.85. The Bertz CT molecular complexity index is 113. The molecule has 0 fully saturated rings. The topological polar surface area (TPSA) is 57.2 Å². The van der Waals surface area contributed by atoms with E-state index in [1.165, 1.54) is 0 Å². The summed E-state index contributed by atoms with van der Waals surface area (Å²) in [6.07, 6.45) is 0. The number of halogens is 1. The molecule has 0 saturated carbocycles. The lowest BCUT2D eigenvalue weighted by Gasteiger charge is -1.96. The van der Waals surface area contributed by atoms with E-state index in [4.69, 9.17) is 0 Å². The van der Waals surface area contributed by atoms with Crippen LogP contribution in [0.3, 0.4) is 0 Å². The van der Waals surface area contributed by atoms with Crippen LogP contribution in [-0.2, 0) is 10.1 Å². The lowest BCUT2D eigenvalue weighted by atomic mass is 11.9. The van der Waals surface area contributed by atoms with Crippen LogP contribution in [0.2, 0.25) is 0 Å². The second kappa shape index (κ2) is 1.90. The van der Waals surface area contributed by atoms with Crippen molar-refractivity contribution in [3.63, 3.8) is 0 Å². The lowest BCUT2D eigenvalue weighted by Crippen LogP contribution is -1.95. The summed E-state index contributed by atoms with van der Waals surface area (Å²) in [5.41, 5.74) is 0. The van der Waals surface area contributed by atoms with Crippen LogP contribution in [0, 0.1) is 0 Å². The zero-order valence-corrected chi connectivity index (χ0v) is 5.12. The van der Waals surface area contributed by atoms with E-state index in [1.807, 2.05) is 0 Å². The molecule has 0 aromatic carbocycles. The highest BCUT2D eigenvalue weighted by atomic mass is 79.9. The average molecular weight is 174 g/mol. The normalized spacial score (nSPS) is 11.7. The molecule has 0 aliphatic rings. The Hall–Kier alpha value is 0.390. The average Bonchev–Trinajstić information content (AvgIpc) is 1.35. The van der Waals surface area contributed by atoms with Crippen molar-refractivity contribution < 1.29 is 13.0 Å². The summed E-state index contributed by atoms with van der Waals surface area (Å²) in [5.74, 6) is 0. The first-order chi connectivity index (χ1) is 2.56. The van der Waals surface area contributed by atoms with Crippen LogP contribution in [0.4, 0.5) is 0 Å². The summed E-state index contributed by atoms with van der Waals surface area (Å²) in [7, 11) is -4.00. The van der Waals surface area contributed by atoms with Crippen LogP contribution in [0.5, 0.6) is 0 Å². The SMILES string of the molecule is O=S(=O)([O-])CBr. The number of hydrogen-bond acceptors (Lipinski definition) is 3. The summed E-state index contributed by atoms with van der Waals surface area (Å²) in [6, 6.07) is 0. The molecule has 0 unspecified atom stereocenters. The first-order valence-corrected chi connectivity index (χ1v) is 3.75. The molecule has 0 atom stereocenters. The molecule has 0 saturated heterocycles. The van der Waals surface area contributed by atoms with Crippen molar-refractivity contribution in [2.45, 2.75) is 0 Å². The highest BCUT2D eigenvalue weighted by Gasteiger charge is 1.82. The molecule has 5 heteroatoms. The molecule has 0 spiro atoms. The number of rotatable bonds is 1. The summed E-state index contributed by atoms with van der Waals surface area (Å²) >= 11 is 2.47.